The van der Waals surface area contributed by atoms with Gasteiger partial charge >= 0.3 is 5.97 Å². The molecule has 0 saturated heterocycles. The average Bonchev–Trinajstić information content (AvgIpc) is 2.56. The summed E-state index contributed by atoms with van der Waals surface area (Å²) in [5.74, 6) is -0.807. The van der Waals surface area contributed by atoms with Crippen LogP contribution in [0.5, 0.6) is 0 Å². The first kappa shape index (κ1) is 24.8. The van der Waals surface area contributed by atoms with Crippen molar-refractivity contribution in [2.24, 2.45) is 11.8 Å². The van der Waals surface area contributed by atoms with Gasteiger partial charge < -0.3 is 9.29 Å². The number of nitrogens with one attached hydrogen (secondary N) is 1. The van der Waals surface area contributed by atoms with Crippen LogP contribution in [0.1, 0.15) is 60.5 Å². The summed E-state index contributed by atoms with van der Waals surface area (Å²) in [6, 6.07) is 5.56. The zero-order valence-corrected chi connectivity index (χ0v) is 20.3. The molecule has 27 heavy (non-hydrogen) atoms. The molecule has 0 radical (unpaired) electrons. The lowest BCUT2D eigenvalue weighted by Gasteiger charge is -2.41. The fourth-order valence-electron chi connectivity index (χ4n) is 2.97. The molecule has 4 nitrogen and oxygen atoms in total. The van der Waals surface area contributed by atoms with Crippen molar-refractivity contribution >= 4 is 44.9 Å². The molecule has 4 atom stereocenters. The first-order valence-electron chi connectivity index (χ1n) is 9.20. The summed E-state index contributed by atoms with van der Waals surface area (Å²) < 4.78 is 21.9. The fourth-order valence-corrected chi connectivity index (χ4v) is 4.33. The van der Waals surface area contributed by atoms with Gasteiger partial charge in [0.25, 0.3) is 0 Å². The molecule has 0 heterocycles. The number of carbonyl (C=O) groups is 1. The van der Waals surface area contributed by atoms with E-state index in [1.807, 2.05) is 59.7 Å². The van der Waals surface area contributed by atoms with Gasteiger partial charge in [0.05, 0.1) is 23.1 Å². The molecule has 0 spiro atoms. The minimum atomic E-state index is -1.39. The highest BCUT2D eigenvalue weighted by atomic mass is 79.9. The molecule has 1 rings (SSSR count). The quantitative estimate of drug-likeness (QED) is 0.389. The van der Waals surface area contributed by atoms with Crippen molar-refractivity contribution in [3.63, 3.8) is 0 Å². The largest absolute Gasteiger partial charge is 0.598 e. The molecule has 0 aliphatic heterocycles. The van der Waals surface area contributed by atoms with Gasteiger partial charge in [-0.05, 0) is 74.2 Å². The number of hydrogen-bond donors (Lipinski definition) is 1. The van der Waals surface area contributed by atoms with Crippen LogP contribution in [0.3, 0.4) is 0 Å². The van der Waals surface area contributed by atoms with Crippen LogP contribution < -0.4 is 4.72 Å². The van der Waals surface area contributed by atoms with Crippen LogP contribution >= 0.6 is 27.5 Å². The normalized spacial score (nSPS) is 17.7. The Bertz CT molecular complexity index is 653. The number of ether oxygens (including phenoxy) is 1. The van der Waals surface area contributed by atoms with Gasteiger partial charge in [0.2, 0.25) is 0 Å². The van der Waals surface area contributed by atoms with Crippen molar-refractivity contribution in [1.29, 1.82) is 0 Å². The SMILES string of the molecule is CCOC(=O)[C@@H](C(C)CC)[C@@](C)(N[S+]([O-])C(C)(C)C)c1ccc(Br)c(Cl)c1. The summed E-state index contributed by atoms with van der Waals surface area (Å²) in [4.78, 5) is 12.9. The van der Waals surface area contributed by atoms with E-state index in [2.05, 4.69) is 20.7 Å². The van der Waals surface area contributed by atoms with Crippen molar-refractivity contribution in [2.45, 2.75) is 65.2 Å². The van der Waals surface area contributed by atoms with Crippen LogP contribution in [0.25, 0.3) is 0 Å². The number of rotatable bonds is 8. The van der Waals surface area contributed by atoms with Crippen LogP contribution in [0.15, 0.2) is 22.7 Å². The van der Waals surface area contributed by atoms with Crippen LogP contribution in [0.4, 0.5) is 0 Å². The molecule has 7 heteroatoms. The maximum atomic E-state index is 13.0. The maximum Gasteiger partial charge on any atom is 0.311 e. The lowest BCUT2D eigenvalue weighted by atomic mass is 9.73. The molecule has 0 aliphatic rings. The van der Waals surface area contributed by atoms with Crippen LogP contribution in [0.2, 0.25) is 5.02 Å². The third kappa shape index (κ3) is 6.10. The minimum Gasteiger partial charge on any atom is -0.598 e. The lowest BCUT2D eigenvalue weighted by molar-refractivity contribution is -0.153. The molecular weight excluding hydrogens is 450 g/mol. The van der Waals surface area contributed by atoms with Gasteiger partial charge in [-0.25, -0.2) is 0 Å². The first-order valence-corrected chi connectivity index (χ1v) is 11.5. The second-order valence-corrected chi connectivity index (χ2v) is 11.2. The second-order valence-electron chi connectivity index (χ2n) is 7.93. The number of esters is 1. The van der Waals surface area contributed by atoms with E-state index in [1.54, 1.807) is 6.92 Å². The summed E-state index contributed by atoms with van der Waals surface area (Å²) in [7, 11) is 0. The maximum absolute atomic E-state index is 13.0. The zero-order chi connectivity index (χ0) is 21.0. The van der Waals surface area contributed by atoms with E-state index in [-0.39, 0.29) is 11.9 Å². The van der Waals surface area contributed by atoms with E-state index < -0.39 is 27.6 Å². The van der Waals surface area contributed by atoms with Crippen LogP contribution in [-0.4, -0.2) is 21.9 Å². The Morgan fingerprint density at radius 2 is 1.93 bits per heavy atom. The highest BCUT2D eigenvalue weighted by Crippen LogP contribution is 2.40. The molecule has 154 valence electrons. The predicted octanol–water partition coefficient (Wildman–Crippen LogP) is 5.59. The van der Waals surface area contributed by atoms with E-state index in [0.717, 1.165) is 16.5 Å². The smallest absolute Gasteiger partial charge is 0.311 e. The van der Waals surface area contributed by atoms with Crippen LogP contribution in [0, 0.1) is 11.8 Å². The molecular formula is C20H31BrClNO3S. The van der Waals surface area contributed by atoms with Crippen molar-refractivity contribution in [3.8, 4) is 0 Å². The Balaban J connectivity index is 3.57. The van der Waals surface area contributed by atoms with E-state index in [9.17, 15) is 9.35 Å². The standard InChI is InChI=1S/C20H31BrClNO3S/c1-8-13(3)17(18(24)26-9-2)20(7,23-27(25)19(4,5)6)14-10-11-15(21)16(22)12-14/h10-13,17,23H,8-9H2,1-7H3/t13?,17-,20+,27?/m1/s1. The van der Waals surface area contributed by atoms with Crippen LogP contribution in [-0.2, 0) is 26.4 Å². The first-order chi connectivity index (χ1) is 12.4. The summed E-state index contributed by atoms with van der Waals surface area (Å²) in [6.45, 7) is 13.7. The molecule has 0 fully saturated rings. The summed E-state index contributed by atoms with van der Waals surface area (Å²) in [5, 5.41) is 0.536. The van der Waals surface area contributed by atoms with Crippen molar-refractivity contribution in [2.75, 3.05) is 6.61 Å². The zero-order valence-electron chi connectivity index (χ0n) is 17.2. The molecule has 1 N–H and O–H groups in total. The molecule has 0 saturated carbocycles. The van der Waals surface area contributed by atoms with E-state index in [0.29, 0.717) is 11.6 Å². The van der Waals surface area contributed by atoms with Gasteiger partial charge in [0.15, 0.2) is 0 Å². The average molecular weight is 481 g/mol. The van der Waals surface area contributed by atoms with Gasteiger partial charge in [-0.15, -0.1) is 4.72 Å². The molecule has 1 aromatic carbocycles. The minimum absolute atomic E-state index is 0.0148. The third-order valence-electron chi connectivity index (χ3n) is 4.76. The monoisotopic (exact) mass is 479 g/mol. The van der Waals surface area contributed by atoms with Crippen molar-refractivity contribution in [1.82, 2.24) is 4.72 Å². The molecule has 2 unspecified atom stereocenters. The Morgan fingerprint density at radius 3 is 2.37 bits per heavy atom. The summed E-state index contributed by atoms with van der Waals surface area (Å²) in [6.07, 6.45) is 0.785. The summed E-state index contributed by atoms with van der Waals surface area (Å²) in [5.41, 5.74) is -0.115. The molecule has 0 aromatic heterocycles. The summed E-state index contributed by atoms with van der Waals surface area (Å²) >= 11 is 8.36. The third-order valence-corrected chi connectivity index (χ3v) is 7.71. The Kier molecular flexibility index (Phi) is 9.14. The van der Waals surface area contributed by atoms with E-state index in [1.165, 1.54) is 0 Å². The van der Waals surface area contributed by atoms with Gasteiger partial charge in [0, 0.05) is 15.8 Å². The molecule has 1 aromatic rings. The van der Waals surface area contributed by atoms with E-state index >= 15 is 0 Å². The van der Waals surface area contributed by atoms with E-state index in [4.69, 9.17) is 16.3 Å². The molecule has 0 aliphatic carbocycles. The van der Waals surface area contributed by atoms with Crippen molar-refractivity contribution < 1.29 is 14.1 Å². The Labute approximate surface area is 180 Å². The number of halogens is 2. The van der Waals surface area contributed by atoms with Crippen molar-refractivity contribution in [3.05, 3.63) is 33.3 Å². The highest BCUT2D eigenvalue weighted by molar-refractivity contribution is 9.10. The number of benzene rings is 1. The highest BCUT2D eigenvalue weighted by Gasteiger charge is 2.49. The lowest BCUT2D eigenvalue weighted by Crippen LogP contribution is -2.57. The molecule has 0 bridgehead atoms. The topological polar surface area (TPSA) is 61.4 Å². The predicted molar refractivity (Wildman–Crippen MR) is 117 cm³/mol. The number of hydrogen-bond acceptors (Lipinski definition) is 4. The Morgan fingerprint density at radius 1 is 1.33 bits per heavy atom. The van der Waals surface area contributed by atoms with Gasteiger partial charge in [0.1, 0.15) is 4.75 Å². The molecule has 0 amide bonds. The van der Waals surface area contributed by atoms with Gasteiger partial charge in [-0.2, -0.15) is 0 Å². The second kappa shape index (κ2) is 9.97. The van der Waals surface area contributed by atoms with Gasteiger partial charge in [-0.1, -0.05) is 37.9 Å². The van der Waals surface area contributed by atoms with Gasteiger partial charge in [-0.3, -0.25) is 4.79 Å². The Hall–Kier alpha value is -0.270. The number of carbonyl (C=O) groups excluding carboxylic acids is 1. The fraction of sp³-hybridized carbons (Fsp3) is 0.650.